The van der Waals surface area contributed by atoms with Gasteiger partial charge in [0.15, 0.2) is 6.29 Å². The van der Waals surface area contributed by atoms with Crippen LogP contribution in [0.3, 0.4) is 0 Å². The molecule has 0 aromatic heterocycles. The second kappa shape index (κ2) is 3.78. The maximum Gasteiger partial charge on any atom is 0.184 e. The molecular weight excluding hydrogens is 220 g/mol. The van der Waals surface area contributed by atoms with Crippen molar-refractivity contribution in [1.29, 1.82) is 0 Å². The molecule has 90 valence electrons. The number of rotatable bonds is 1. The van der Waals surface area contributed by atoms with Gasteiger partial charge in [-0.1, -0.05) is 30.3 Å². The van der Waals surface area contributed by atoms with Crippen LogP contribution < -0.4 is 0 Å². The van der Waals surface area contributed by atoms with Crippen LogP contribution in [0.15, 0.2) is 30.3 Å². The monoisotopic (exact) mass is 234 g/mol. The van der Waals surface area contributed by atoms with E-state index in [0.717, 1.165) is 5.56 Å². The van der Waals surface area contributed by atoms with Crippen LogP contribution >= 0.6 is 0 Å². The first-order chi connectivity index (χ1) is 8.42. The minimum atomic E-state index is -0.288. The van der Waals surface area contributed by atoms with E-state index < -0.39 is 0 Å². The van der Waals surface area contributed by atoms with Gasteiger partial charge in [-0.25, -0.2) is 0 Å². The second-order valence-electron chi connectivity index (χ2n) is 4.69. The van der Waals surface area contributed by atoms with Crippen molar-refractivity contribution >= 4 is 0 Å². The molecule has 5 atom stereocenters. The van der Waals surface area contributed by atoms with Crippen LogP contribution in [-0.2, 0) is 18.9 Å². The first kappa shape index (κ1) is 10.0. The Morgan fingerprint density at radius 3 is 2.47 bits per heavy atom. The van der Waals surface area contributed by atoms with Crippen LogP contribution in [0.1, 0.15) is 11.9 Å². The van der Waals surface area contributed by atoms with Crippen LogP contribution in [0, 0.1) is 0 Å². The van der Waals surface area contributed by atoms with Crippen molar-refractivity contribution in [3.63, 3.8) is 0 Å². The highest BCUT2D eigenvalue weighted by Gasteiger charge is 2.55. The van der Waals surface area contributed by atoms with Crippen molar-refractivity contribution in [2.24, 2.45) is 0 Å². The number of ether oxygens (including phenoxy) is 4. The molecule has 0 spiro atoms. The van der Waals surface area contributed by atoms with E-state index in [2.05, 4.69) is 0 Å². The summed E-state index contributed by atoms with van der Waals surface area (Å²) in [4.78, 5) is 0. The molecule has 0 N–H and O–H groups in total. The predicted octanol–water partition coefficient (Wildman–Crippen LogP) is 1.27. The molecule has 3 aliphatic heterocycles. The van der Waals surface area contributed by atoms with Gasteiger partial charge in [0.25, 0.3) is 0 Å². The number of hydrogen-bond acceptors (Lipinski definition) is 4. The molecular formula is C13H14O4. The van der Waals surface area contributed by atoms with E-state index in [-0.39, 0.29) is 30.7 Å². The third kappa shape index (κ3) is 1.68. The Morgan fingerprint density at radius 2 is 1.59 bits per heavy atom. The minimum Gasteiger partial charge on any atom is -0.370 e. The molecule has 4 nitrogen and oxygen atoms in total. The second-order valence-corrected chi connectivity index (χ2v) is 4.69. The van der Waals surface area contributed by atoms with Crippen molar-refractivity contribution in [3.8, 4) is 0 Å². The molecule has 0 bridgehead atoms. The highest BCUT2D eigenvalue weighted by molar-refractivity contribution is 5.17. The van der Waals surface area contributed by atoms with Crippen molar-refractivity contribution in [1.82, 2.24) is 0 Å². The third-order valence-electron chi connectivity index (χ3n) is 3.55. The topological polar surface area (TPSA) is 40.2 Å². The van der Waals surface area contributed by atoms with Crippen molar-refractivity contribution in [3.05, 3.63) is 35.9 Å². The van der Waals surface area contributed by atoms with Gasteiger partial charge < -0.3 is 18.9 Å². The van der Waals surface area contributed by atoms with Gasteiger partial charge >= 0.3 is 0 Å². The van der Waals surface area contributed by atoms with Gasteiger partial charge in [0, 0.05) is 5.56 Å². The molecule has 3 fully saturated rings. The Labute approximate surface area is 99.4 Å². The van der Waals surface area contributed by atoms with Crippen molar-refractivity contribution < 1.29 is 18.9 Å². The summed E-state index contributed by atoms with van der Waals surface area (Å²) in [7, 11) is 0. The van der Waals surface area contributed by atoms with Crippen LogP contribution in [-0.4, -0.2) is 37.6 Å². The maximum absolute atomic E-state index is 5.96. The Hall–Kier alpha value is -0.940. The summed E-state index contributed by atoms with van der Waals surface area (Å²) in [5.41, 5.74) is 1.05. The number of epoxide rings is 1. The highest BCUT2D eigenvalue weighted by atomic mass is 16.7. The van der Waals surface area contributed by atoms with Crippen LogP contribution in [0.25, 0.3) is 0 Å². The van der Waals surface area contributed by atoms with Gasteiger partial charge in [0.2, 0.25) is 0 Å². The van der Waals surface area contributed by atoms with E-state index in [1.807, 2.05) is 30.3 Å². The van der Waals surface area contributed by atoms with E-state index in [9.17, 15) is 0 Å². The lowest BCUT2D eigenvalue weighted by atomic mass is 10.0. The number of hydrogen-bond donors (Lipinski definition) is 0. The maximum atomic E-state index is 5.96. The van der Waals surface area contributed by atoms with Crippen LogP contribution in [0.5, 0.6) is 0 Å². The smallest absolute Gasteiger partial charge is 0.184 e. The molecule has 1 aromatic carbocycles. The lowest BCUT2D eigenvalue weighted by molar-refractivity contribution is -0.273. The summed E-state index contributed by atoms with van der Waals surface area (Å²) in [5, 5.41) is 0. The van der Waals surface area contributed by atoms with E-state index in [1.54, 1.807) is 0 Å². The molecule has 3 saturated heterocycles. The summed E-state index contributed by atoms with van der Waals surface area (Å²) in [5.74, 6) is 0. The fourth-order valence-electron chi connectivity index (χ4n) is 2.56. The van der Waals surface area contributed by atoms with Gasteiger partial charge in [-0.3, -0.25) is 0 Å². The van der Waals surface area contributed by atoms with E-state index >= 15 is 0 Å². The first-order valence-corrected chi connectivity index (χ1v) is 6.01. The molecule has 3 heterocycles. The standard InChI is InChI=1S/C13H14O4/c1-2-4-8(5-3-1)13-15-6-9-11(17-13)12-10(16-12)7-14-9/h1-5,9-13H,6-7H2/t9-,10+,11+,12+,13+/m0/s1. The molecule has 4 rings (SSSR count). The minimum absolute atomic E-state index is 0.0210. The van der Waals surface area contributed by atoms with Crippen LogP contribution in [0.4, 0.5) is 0 Å². The molecule has 3 aliphatic rings. The van der Waals surface area contributed by atoms with Gasteiger partial charge in [-0.05, 0) is 0 Å². The SMILES string of the molecule is c1ccc([C@@H]2OC[C@@H]3OC[C@H]4O[C@H]4[C@@H]3O2)cc1. The van der Waals surface area contributed by atoms with Gasteiger partial charge in [0.1, 0.15) is 24.4 Å². The number of benzene rings is 1. The molecule has 0 radical (unpaired) electrons. The van der Waals surface area contributed by atoms with Crippen LogP contribution in [0.2, 0.25) is 0 Å². The Balaban J connectivity index is 1.53. The zero-order valence-corrected chi connectivity index (χ0v) is 9.32. The fourth-order valence-corrected chi connectivity index (χ4v) is 2.56. The van der Waals surface area contributed by atoms with Crippen molar-refractivity contribution in [2.45, 2.75) is 30.7 Å². The Morgan fingerprint density at radius 1 is 0.824 bits per heavy atom. The Kier molecular flexibility index (Phi) is 2.23. The van der Waals surface area contributed by atoms with E-state index in [0.29, 0.717) is 13.2 Å². The van der Waals surface area contributed by atoms with Gasteiger partial charge in [0.05, 0.1) is 13.2 Å². The molecule has 0 saturated carbocycles. The van der Waals surface area contributed by atoms with Gasteiger partial charge in [-0.15, -0.1) is 0 Å². The summed E-state index contributed by atoms with van der Waals surface area (Å²) in [6, 6.07) is 9.99. The lowest BCUT2D eigenvalue weighted by Crippen LogP contribution is -2.49. The third-order valence-corrected chi connectivity index (χ3v) is 3.55. The molecule has 0 aliphatic carbocycles. The highest BCUT2D eigenvalue weighted by Crippen LogP contribution is 2.40. The molecule has 4 heteroatoms. The summed E-state index contributed by atoms with van der Waals surface area (Å²) in [6.45, 7) is 1.26. The summed E-state index contributed by atoms with van der Waals surface area (Å²) >= 11 is 0. The molecule has 1 aromatic rings. The van der Waals surface area contributed by atoms with Gasteiger partial charge in [-0.2, -0.15) is 0 Å². The summed E-state index contributed by atoms with van der Waals surface area (Å²) < 4.78 is 22.8. The quantitative estimate of drug-likeness (QED) is 0.686. The van der Waals surface area contributed by atoms with E-state index in [1.165, 1.54) is 0 Å². The zero-order chi connectivity index (χ0) is 11.2. The predicted molar refractivity (Wildman–Crippen MR) is 58.4 cm³/mol. The average molecular weight is 234 g/mol. The zero-order valence-electron chi connectivity index (χ0n) is 9.32. The first-order valence-electron chi connectivity index (χ1n) is 6.01. The molecule has 17 heavy (non-hydrogen) atoms. The molecule has 0 unspecified atom stereocenters. The normalized spacial score (nSPS) is 43.6. The lowest BCUT2D eigenvalue weighted by Gasteiger charge is -2.37. The van der Waals surface area contributed by atoms with Crippen molar-refractivity contribution in [2.75, 3.05) is 13.2 Å². The number of fused-ring (bicyclic) bond motifs is 3. The average Bonchev–Trinajstić information content (AvgIpc) is 3.19. The summed E-state index contributed by atoms with van der Waals surface area (Å²) in [6.07, 6.45) is 0.213. The molecule has 0 amide bonds. The Bertz CT molecular complexity index is 407. The largest absolute Gasteiger partial charge is 0.370 e. The van der Waals surface area contributed by atoms with E-state index in [4.69, 9.17) is 18.9 Å². The fraction of sp³-hybridized carbons (Fsp3) is 0.538.